The molecule has 0 aliphatic carbocycles. The van der Waals surface area contributed by atoms with Crippen molar-refractivity contribution in [3.8, 4) is 5.75 Å². The third kappa shape index (κ3) is 2.00. The summed E-state index contributed by atoms with van der Waals surface area (Å²) in [5.74, 6) is -1.07. The van der Waals surface area contributed by atoms with Crippen molar-refractivity contribution in [3.05, 3.63) is 39.2 Å². The van der Waals surface area contributed by atoms with Crippen molar-refractivity contribution in [3.63, 3.8) is 0 Å². The molecule has 0 bridgehead atoms. The van der Waals surface area contributed by atoms with E-state index in [0.717, 1.165) is 0 Å². The zero-order valence-electron chi connectivity index (χ0n) is 7.92. The van der Waals surface area contributed by atoms with Crippen LogP contribution in [-0.2, 0) is 0 Å². The van der Waals surface area contributed by atoms with Gasteiger partial charge in [-0.1, -0.05) is 0 Å². The van der Waals surface area contributed by atoms with Gasteiger partial charge in [0.1, 0.15) is 0 Å². The van der Waals surface area contributed by atoms with E-state index >= 15 is 0 Å². The predicted octanol–water partition coefficient (Wildman–Crippen LogP) is 1.21. The Balaban J connectivity index is 2.48. The molecule has 0 spiro atoms. The van der Waals surface area contributed by atoms with Gasteiger partial charge in [-0.2, -0.15) is 0 Å². The van der Waals surface area contributed by atoms with Crippen LogP contribution < -0.4 is 0 Å². The molecule has 0 saturated heterocycles. The Morgan fingerprint density at radius 1 is 1.40 bits per heavy atom. The second-order valence-electron chi connectivity index (χ2n) is 3.34. The van der Waals surface area contributed by atoms with Crippen LogP contribution in [0.5, 0.6) is 5.75 Å². The number of aromatic carboxylic acids is 1. The van der Waals surface area contributed by atoms with E-state index in [1.54, 1.807) is 12.1 Å². The first kappa shape index (κ1) is 10.5. The number of carbonyl (C=O) groups is 1. The van der Waals surface area contributed by atoms with Gasteiger partial charge in [0.15, 0.2) is 0 Å². The van der Waals surface area contributed by atoms with E-state index in [1.807, 2.05) is 6.08 Å². The Morgan fingerprint density at radius 2 is 2.20 bits per heavy atom. The molecule has 1 atom stereocenters. The fourth-order valence-corrected chi connectivity index (χ4v) is 4.70. The van der Waals surface area contributed by atoms with Gasteiger partial charge in [0.2, 0.25) is 0 Å². The Labute approximate surface area is 97.9 Å². The molecule has 0 aromatic heterocycles. The summed E-state index contributed by atoms with van der Waals surface area (Å²) in [5.41, 5.74) is 0.684. The monoisotopic (exact) mass is 304 g/mol. The van der Waals surface area contributed by atoms with Crippen LogP contribution in [0, 0.1) is 0 Å². The first-order valence-electron chi connectivity index (χ1n) is 4.60. The topological polar surface area (TPSA) is 57.5 Å². The molecule has 1 heterocycles. The maximum atomic E-state index is 10.8. The van der Waals surface area contributed by atoms with Crippen molar-refractivity contribution in [2.45, 2.75) is 5.92 Å². The molecular weight excluding hydrogens is 295 g/mol. The maximum absolute atomic E-state index is 10.8. The molecule has 0 saturated carbocycles. The number of benzene rings is 1. The summed E-state index contributed by atoms with van der Waals surface area (Å²) >= 11 is -0.673. The van der Waals surface area contributed by atoms with E-state index in [4.69, 9.17) is 5.11 Å². The number of phenols is 1. The average molecular weight is 304 g/mol. The van der Waals surface area contributed by atoms with Crippen LogP contribution in [0.15, 0.2) is 28.1 Å². The molecule has 0 fully saturated rings. The van der Waals surface area contributed by atoms with Crippen LogP contribution in [0.3, 0.4) is 0 Å². The van der Waals surface area contributed by atoms with E-state index in [2.05, 4.69) is 7.59 Å². The van der Waals surface area contributed by atoms with E-state index in [-0.39, 0.29) is 17.2 Å². The van der Waals surface area contributed by atoms with Crippen LogP contribution in [0.1, 0.15) is 21.8 Å². The van der Waals surface area contributed by atoms with E-state index in [1.165, 1.54) is 6.07 Å². The zero-order valence-corrected chi connectivity index (χ0v) is 11.2. The molecule has 3 nitrogen and oxygen atoms in total. The molecular formula is C11H9InO3. The van der Waals surface area contributed by atoms with Crippen molar-refractivity contribution in [2.75, 3.05) is 0 Å². The number of rotatable bonds is 2. The van der Waals surface area contributed by atoms with Crippen LogP contribution in [-0.4, -0.2) is 42.4 Å². The van der Waals surface area contributed by atoms with Crippen molar-refractivity contribution in [1.82, 2.24) is 0 Å². The summed E-state index contributed by atoms with van der Waals surface area (Å²) in [6.07, 6.45) is 2.04. The fraction of sp³-hybridized carbons (Fsp3) is 0.0909. The molecule has 1 aliphatic heterocycles. The molecule has 2 rings (SSSR count). The molecule has 15 heavy (non-hydrogen) atoms. The minimum atomic E-state index is -1.09. The Bertz CT molecular complexity index is 451. The number of hydrogen-bond acceptors (Lipinski definition) is 2. The van der Waals surface area contributed by atoms with Gasteiger partial charge >= 0.3 is 98.1 Å². The quantitative estimate of drug-likeness (QED) is 0.863. The Hall–Kier alpha value is -1.03. The van der Waals surface area contributed by atoms with Gasteiger partial charge in [-0.3, -0.25) is 0 Å². The second-order valence-corrected chi connectivity index (χ2v) is 6.64. The predicted molar refractivity (Wildman–Crippen MR) is 58.8 cm³/mol. The number of carboxylic acids is 1. The summed E-state index contributed by atoms with van der Waals surface area (Å²) in [4.78, 5) is 10.8. The van der Waals surface area contributed by atoms with Crippen molar-refractivity contribution in [2.24, 2.45) is 0 Å². The number of allylic oxidation sites excluding steroid dienone is 1. The molecule has 0 amide bonds. The summed E-state index contributed by atoms with van der Waals surface area (Å²) in [5, 5.41) is 18.7. The van der Waals surface area contributed by atoms with E-state index in [0.29, 0.717) is 5.56 Å². The summed E-state index contributed by atoms with van der Waals surface area (Å²) in [7, 11) is 0. The normalized spacial score (nSPS) is 17.7. The Morgan fingerprint density at radius 3 is 2.80 bits per heavy atom. The standard InChI is InChI=1S/C11H9O3.In/c1-3-7(2)8-5-4-6-9(10(8)12)11(13)14;/h1-7,12H,(H,13,14);. The number of aromatic hydroxyl groups is 1. The minimum absolute atomic E-state index is 0.0194. The van der Waals surface area contributed by atoms with Crippen LogP contribution in [0.2, 0.25) is 0 Å². The molecule has 4 heteroatoms. The molecule has 2 N–H and O–H groups in total. The average Bonchev–Trinajstić information content (AvgIpc) is 2.70. The fourth-order valence-electron chi connectivity index (χ4n) is 1.64. The van der Waals surface area contributed by atoms with Gasteiger partial charge in [-0.15, -0.1) is 0 Å². The zero-order chi connectivity index (χ0) is 10.8. The number of carboxylic acid groups (broad SMARTS) is 1. The third-order valence-corrected chi connectivity index (χ3v) is 5.49. The summed E-state index contributed by atoms with van der Waals surface area (Å²) < 4.78 is 4.41. The van der Waals surface area contributed by atoms with Crippen LogP contribution >= 0.6 is 0 Å². The first-order chi connectivity index (χ1) is 7.20. The SMILES string of the molecule is O=C(O)c1cccc(C2C=[CH][In]=[CH]2)c1O. The summed E-state index contributed by atoms with van der Waals surface area (Å²) in [6.45, 7) is 0. The molecule has 1 unspecified atom stereocenters. The van der Waals surface area contributed by atoms with Gasteiger partial charge < -0.3 is 0 Å². The molecule has 1 aromatic carbocycles. The van der Waals surface area contributed by atoms with Crippen molar-refractivity contribution < 1.29 is 15.0 Å². The van der Waals surface area contributed by atoms with Gasteiger partial charge in [0.05, 0.1) is 0 Å². The Kier molecular flexibility index (Phi) is 2.95. The second kappa shape index (κ2) is 4.23. The van der Waals surface area contributed by atoms with Gasteiger partial charge in [-0.05, 0) is 0 Å². The van der Waals surface area contributed by atoms with Crippen molar-refractivity contribution in [1.29, 1.82) is 0 Å². The van der Waals surface area contributed by atoms with Crippen LogP contribution in [0.4, 0.5) is 0 Å². The summed E-state index contributed by atoms with van der Waals surface area (Å²) in [6, 6.07) is 4.87. The van der Waals surface area contributed by atoms with Gasteiger partial charge in [0, 0.05) is 0 Å². The number of hydrogen-bond donors (Lipinski definition) is 2. The molecule has 0 radical (unpaired) electrons. The van der Waals surface area contributed by atoms with Crippen molar-refractivity contribution >= 4 is 32.2 Å². The third-order valence-electron chi connectivity index (χ3n) is 2.40. The van der Waals surface area contributed by atoms with E-state index < -0.39 is 28.4 Å². The van der Waals surface area contributed by atoms with Gasteiger partial charge in [-0.25, -0.2) is 0 Å². The van der Waals surface area contributed by atoms with Crippen LogP contribution in [0.25, 0.3) is 0 Å². The molecule has 74 valence electrons. The number of para-hydroxylation sites is 1. The van der Waals surface area contributed by atoms with E-state index in [9.17, 15) is 9.90 Å². The molecule has 1 aliphatic rings. The molecule has 1 aromatic rings. The first-order valence-corrected chi connectivity index (χ1v) is 8.41. The van der Waals surface area contributed by atoms with Gasteiger partial charge in [0.25, 0.3) is 0 Å².